The molecule has 0 aliphatic carbocycles. The molecule has 1 saturated heterocycles. The number of phenolic OH excluding ortho intramolecular Hbond substituents is 3. The van der Waals surface area contributed by atoms with Crippen LogP contribution in [0.5, 0.6) is 28.7 Å². The van der Waals surface area contributed by atoms with Crippen molar-refractivity contribution in [2.24, 2.45) is 0 Å². The number of rotatable bonds is 4. The Morgan fingerprint density at radius 1 is 0.939 bits per heavy atom. The molecular weight excluding hydrogens is 444 g/mol. The first-order valence-electron chi connectivity index (χ1n) is 9.65. The Balaban J connectivity index is 1.84. The maximum absolute atomic E-state index is 12.7. The lowest BCUT2D eigenvalue weighted by molar-refractivity contribution is -0.277. The smallest absolute Gasteiger partial charge is 0.238 e. The molecule has 2 heterocycles. The first-order chi connectivity index (χ1) is 15.6. The zero-order valence-corrected chi connectivity index (χ0v) is 16.7. The number of aromatic hydroxyl groups is 4. The second-order valence-corrected chi connectivity index (χ2v) is 7.41. The van der Waals surface area contributed by atoms with Gasteiger partial charge in [-0.1, -0.05) is 6.07 Å². The average Bonchev–Trinajstić information content (AvgIpc) is 2.76. The van der Waals surface area contributed by atoms with Crippen molar-refractivity contribution in [1.82, 2.24) is 0 Å². The lowest BCUT2D eigenvalue weighted by atomic mass is 9.99. The molecule has 5 unspecified atom stereocenters. The van der Waals surface area contributed by atoms with Crippen LogP contribution in [0, 0.1) is 0 Å². The first-order valence-corrected chi connectivity index (χ1v) is 9.65. The normalized spacial score (nSPS) is 25.3. The van der Waals surface area contributed by atoms with Gasteiger partial charge in [0.05, 0.1) is 6.61 Å². The summed E-state index contributed by atoms with van der Waals surface area (Å²) in [6.45, 7) is -0.703. The van der Waals surface area contributed by atoms with Crippen LogP contribution >= 0.6 is 0 Å². The topological polar surface area (TPSA) is 211 Å². The molecule has 4 rings (SSSR count). The van der Waals surface area contributed by atoms with Crippen molar-refractivity contribution in [3.63, 3.8) is 0 Å². The molecule has 2 aromatic carbocycles. The third kappa shape index (κ3) is 3.79. The molecule has 0 amide bonds. The lowest BCUT2D eigenvalue weighted by Crippen LogP contribution is -2.60. The fraction of sp³-hybridized carbons (Fsp3) is 0.286. The second-order valence-electron chi connectivity index (χ2n) is 7.41. The highest BCUT2D eigenvalue weighted by Crippen LogP contribution is 2.44. The summed E-state index contributed by atoms with van der Waals surface area (Å²) in [5.74, 6) is -3.47. The fourth-order valence-corrected chi connectivity index (χ4v) is 3.58. The maximum atomic E-state index is 12.7. The van der Waals surface area contributed by atoms with Crippen molar-refractivity contribution >= 4 is 11.0 Å². The van der Waals surface area contributed by atoms with Crippen LogP contribution in [0.4, 0.5) is 0 Å². The molecule has 12 nitrogen and oxygen atoms in total. The number of ether oxygens (including phenoxy) is 2. The number of aliphatic hydroxyl groups excluding tert-OH is 4. The van der Waals surface area contributed by atoms with Crippen molar-refractivity contribution in [1.29, 1.82) is 0 Å². The van der Waals surface area contributed by atoms with Gasteiger partial charge in [-0.2, -0.15) is 0 Å². The van der Waals surface area contributed by atoms with Gasteiger partial charge in [-0.25, -0.2) is 0 Å². The summed E-state index contributed by atoms with van der Waals surface area (Å²) >= 11 is 0. The van der Waals surface area contributed by atoms with E-state index in [-0.39, 0.29) is 16.9 Å². The maximum Gasteiger partial charge on any atom is 0.238 e. The minimum Gasteiger partial charge on any atom is -0.508 e. The molecule has 8 N–H and O–H groups in total. The second kappa shape index (κ2) is 8.42. The molecule has 3 aromatic rings. The Hall–Kier alpha value is -3.55. The summed E-state index contributed by atoms with van der Waals surface area (Å²) in [6, 6.07) is 5.66. The van der Waals surface area contributed by atoms with Crippen LogP contribution < -0.4 is 10.2 Å². The van der Waals surface area contributed by atoms with Crippen LogP contribution in [0.2, 0.25) is 0 Å². The van der Waals surface area contributed by atoms with E-state index in [1.54, 1.807) is 0 Å². The number of hydrogen-bond donors (Lipinski definition) is 8. The first kappa shape index (κ1) is 22.6. The van der Waals surface area contributed by atoms with Crippen LogP contribution in [-0.2, 0) is 4.74 Å². The van der Waals surface area contributed by atoms with Crippen molar-refractivity contribution in [2.75, 3.05) is 6.61 Å². The fourth-order valence-electron chi connectivity index (χ4n) is 3.58. The van der Waals surface area contributed by atoms with E-state index >= 15 is 0 Å². The van der Waals surface area contributed by atoms with Gasteiger partial charge in [-0.15, -0.1) is 0 Å². The zero-order valence-electron chi connectivity index (χ0n) is 16.7. The van der Waals surface area contributed by atoms with Gasteiger partial charge in [0.15, 0.2) is 5.76 Å². The molecule has 0 radical (unpaired) electrons. The largest absolute Gasteiger partial charge is 0.508 e. The van der Waals surface area contributed by atoms with Gasteiger partial charge in [0.25, 0.3) is 0 Å². The van der Waals surface area contributed by atoms with E-state index in [4.69, 9.17) is 13.9 Å². The predicted molar refractivity (Wildman–Crippen MR) is 109 cm³/mol. The van der Waals surface area contributed by atoms with Gasteiger partial charge >= 0.3 is 0 Å². The summed E-state index contributed by atoms with van der Waals surface area (Å²) in [5.41, 5.74) is -1.73. The lowest BCUT2D eigenvalue weighted by Gasteiger charge is -2.39. The Morgan fingerprint density at radius 3 is 2.36 bits per heavy atom. The summed E-state index contributed by atoms with van der Waals surface area (Å²) in [6.07, 6.45) is -8.05. The van der Waals surface area contributed by atoms with E-state index in [9.17, 15) is 45.6 Å². The molecule has 1 aliphatic heterocycles. The summed E-state index contributed by atoms with van der Waals surface area (Å²) in [5, 5.41) is 79.6. The quantitative estimate of drug-likeness (QED) is 0.245. The molecule has 176 valence electrons. The van der Waals surface area contributed by atoms with E-state index in [1.807, 2.05) is 0 Å². The van der Waals surface area contributed by atoms with Gasteiger partial charge in [0.2, 0.25) is 17.5 Å². The highest BCUT2D eigenvalue weighted by atomic mass is 16.7. The van der Waals surface area contributed by atoms with Gasteiger partial charge in [-0.3, -0.25) is 4.79 Å². The van der Waals surface area contributed by atoms with E-state index in [0.717, 1.165) is 12.1 Å². The molecule has 1 aromatic heterocycles. The van der Waals surface area contributed by atoms with Gasteiger partial charge in [0.1, 0.15) is 63.9 Å². The summed E-state index contributed by atoms with van der Waals surface area (Å²) < 4.78 is 16.3. The Labute approximate surface area is 184 Å². The van der Waals surface area contributed by atoms with Crippen molar-refractivity contribution < 1.29 is 54.7 Å². The van der Waals surface area contributed by atoms with Gasteiger partial charge in [-0.05, 0) is 12.1 Å². The number of benzene rings is 2. The molecular formula is C21H20O12. The molecule has 33 heavy (non-hydrogen) atoms. The minimum atomic E-state index is -1.77. The summed E-state index contributed by atoms with van der Waals surface area (Å²) in [7, 11) is 0. The van der Waals surface area contributed by atoms with E-state index in [1.165, 1.54) is 18.2 Å². The SMILES string of the molecule is O=c1c(O)c(-c2c(O)cccc2OC2OC(CO)C(O)C(O)C2O)oc2cc(O)cc(O)c12. The Bertz CT molecular complexity index is 1250. The number of phenols is 3. The van der Waals surface area contributed by atoms with E-state index < -0.39 is 76.9 Å². The third-order valence-corrected chi connectivity index (χ3v) is 5.26. The number of fused-ring (bicyclic) bond motifs is 1. The van der Waals surface area contributed by atoms with Crippen LogP contribution in [0.3, 0.4) is 0 Å². The summed E-state index contributed by atoms with van der Waals surface area (Å²) in [4.78, 5) is 12.7. The molecule has 0 spiro atoms. The van der Waals surface area contributed by atoms with Crippen molar-refractivity contribution in [3.8, 4) is 40.1 Å². The predicted octanol–water partition coefficient (Wildman–Crippen LogP) is -0.539. The molecule has 5 atom stereocenters. The number of hydrogen-bond acceptors (Lipinski definition) is 12. The Morgan fingerprint density at radius 2 is 1.67 bits per heavy atom. The molecule has 1 fully saturated rings. The van der Waals surface area contributed by atoms with Gasteiger partial charge < -0.3 is 54.7 Å². The van der Waals surface area contributed by atoms with E-state index in [0.29, 0.717) is 0 Å². The van der Waals surface area contributed by atoms with Crippen LogP contribution in [0.15, 0.2) is 39.5 Å². The Kier molecular flexibility index (Phi) is 5.78. The highest BCUT2D eigenvalue weighted by Gasteiger charge is 2.45. The number of aliphatic hydroxyl groups is 4. The zero-order chi connectivity index (χ0) is 24.0. The minimum absolute atomic E-state index is 0.276. The van der Waals surface area contributed by atoms with Crippen molar-refractivity contribution in [3.05, 3.63) is 40.6 Å². The standard InChI is InChI=1S/C21H20O12/c22-6-12-15(26)17(28)19(30)21(33-12)32-10-3-1-2-8(24)14(10)20-18(29)16(27)13-9(25)4-7(23)5-11(13)31-20/h1-5,12,15,17,19,21-26,28-30H,6H2. The highest BCUT2D eigenvalue weighted by molar-refractivity contribution is 5.89. The van der Waals surface area contributed by atoms with Crippen LogP contribution in [-0.4, -0.2) is 78.2 Å². The third-order valence-electron chi connectivity index (χ3n) is 5.26. The molecule has 12 heteroatoms. The molecule has 0 bridgehead atoms. The van der Waals surface area contributed by atoms with Crippen molar-refractivity contribution in [2.45, 2.75) is 30.7 Å². The monoisotopic (exact) mass is 464 g/mol. The van der Waals surface area contributed by atoms with Crippen LogP contribution in [0.1, 0.15) is 0 Å². The van der Waals surface area contributed by atoms with E-state index in [2.05, 4.69) is 0 Å². The molecule has 0 saturated carbocycles. The van der Waals surface area contributed by atoms with Gasteiger partial charge in [0, 0.05) is 12.1 Å². The van der Waals surface area contributed by atoms with Crippen LogP contribution in [0.25, 0.3) is 22.3 Å². The average molecular weight is 464 g/mol. The molecule has 1 aliphatic rings.